The molecule has 1 aromatic carbocycles. The van der Waals surface area contributed by atoms with Gasteiger partial charge in [0.2, 0.25) is 0 Å². The maximum atomic E-state index is 13.4. The molecule has 0 aromatic heterocycles. The number of carbonyl (C=O) groups is 1. The maximum Gasteiger partial charge on any atom is 0.338 e. The Hall–Kier alpha value is -1.69. The number of benzene rings is 1. The number of rotatable bonds is 6. The molecular formula is C12H15F2NO3. The first-order chi connectivity index (χ1) is 8.45. The van der Waals surface area contributed by atoms with E-state index in [0.29, 0.717) is 19.2 Å². The van der Waals surface area contributed by atoms with E-state index in [1.54, 1.807) is 7.11 Å². The zero-order chi connectivity index (χ0) is 13.7. The van der Waals surface area contributed by atoms with Crippen molar-refractivity contribution < 1.29 is 23.4 Å². The van der Waals surface area contributed by atoms with Gasteiger partial charge in [0, 0.05) is 19.7 Å². The van der Waals surface area contributed by atoms with Crippen LogP contribution in [0.4, 0.5) is 14.5 Å². The largest absolute Gasteiger partial charge is 0.478 e. The van der Waals surface area contributed by atoms with Gasteiger partial charge in [0.25, 0.3) is 0 Å². The highest BCUT2D eigenvalue weighted by Gasteiger charge is 2.15. The van der Waals surface area contributed by atoms with E-state index in [2.05, 4.69) is 5.32 Å². The van der Waals surface area contributed by atoms with E-state index < -0.39 is 23.2 Å². The molecule has 100 valence electrons. The van der Waals surface area contributed by atoms with E-state index in [1.165, 1.54) is 0 Å². The molecule has 2 N–H and O–H groups in total. The molecule has 0 fully saturated rings. The molecule has 0 aliphatic heterocycles. The first kappa shape index (κ1) is 14.4. The van der Waals surface area contributed by atoms with E-state index in [9.17, 15) is 13.6 Å². The lowest BCUT2D eigenvalue weighted by molar-refractivity contribution is 0.0692. The van der Waals surface area contributed by atoms with Crippen molar-refractivity contribution in [2.45, 2.75) is 6.92 Å². The molecule has 0 aliphatic carbocycles. The fraction of sp³-hybridized carbons (Fsp3) is 0.417. The summed E-state index contributed by atoms with van der Waals surface area (Å²) in [4.78, 5) is 10.7. The fourth-order valence-corrected chi connectivity index (χ4v) is 1.48. The summed E-state index contributed by atoms with van der Waals surface area (Å²) in [7, 11) is 1.55. The molecule has 0 bridgehead atoms. The van der Waals surface area contributed by atoms with Gasteiger partial charge in [-0.2, -0.15) is 0 Å². The highest BCUT2D eigenvalue weighted by molar-refractivity contribution is 5.89. The molecule has 0 amide bonds. The number of methoxy groups -OCH3 is 1. The third kappa shape index (κ3) is 3.66. The Kier molecular flexibility index (Phi) is 5.03. The summed E-state index contributed by atoms with van der Waals surface area (Å²) in [6.45, 7) is 2.77. The monoisotopic (exact) mass is 259 g/mol. The minimum absolute atomic E-state index is 0.0308. The van der Waals surface area contributed by atoms with Crippen LogP contribution in [0.3, 0.4) is 0 Å². The molecule has 1 aromatic rings. The van der Waals surface area contributed by atoms with E-state index in [-0.39, 0.29) is 11.6 Å². The molecule has 0 radical (unpaired) electrons. The molecule has 1 atom stereocenters. The predicted molar refractivity (Wildman–Crippen MR) is 62.8 cm³/mol. The van der Waals surface area contributed by atoms with E-state index in [0.717, 1.165) is 6.07 Å². The predicted octanol–water partition coefficient (Wildman–Crippen LogP) is 2.36. The van der Waals surface area contributed by atoms with Gasteiger partial charge in [-0.3, -0.25) is 0 Å². The zero-order valence-corrected chi connectivity index (χ0v) is 10.2. The van der Waals surface area contributed by atoms with Crippen LogP contribution in [0.5, 0.6) is 0 Å². The number of halogens is 2. The summed E-state index contributed by atoms with van der Waals surface area (Å²) < 4.78 is 31.5. The minimum atomic E-state index is -1.43. The molecule has 0 spiro atoms. The Labute approximate surface area is 104 Å². The number of hydrogen-bond donors (Lipinski definition) is 2. The van der Waals surface area contributed by atoms with Gasteiger partial charge < -0.3 is 15.2 Å². The van der Waals surface area contributed by atoms with Gasteiger partial charge in [0.1, 0.15) is 11.6 Å². The van der Waals surface area contributed by atoms with E-state index in [1.807, 2.05) is 6.92 Å². The van der Waals surface area contributed by atoms with Crippen molar-refractivity contribution in [2.75, 3.05) is 25.6 Å². The quantitative estimate of drug-likeness (QED) is 0.823. The van der Waals surface area contributed by atoms with Crippen LogP contribution < -0.4 is 5.32 Å². The third-order valence-corrected chi connectivity index (χ3v) is 2.38. The standard InChI is InChI=1S/C12H15F2NO3/c1-7(6-18-2)5-15-11-3-8(12(16)17)9(13)4-10(11)14/h3-4,7,15H,5-6H2,1-2H3,(H,16,17). The molecule has 0 heterocycles. The van der Waals surface area contributed by atoms with E-state index in [4.69, 9.17) is 9.84 Å². The van der Waals surface area contributed by atoms with Crippen LogP contribution in [0, 0.1) is 17.6 Å². The Balaban J connectivity index is 2.82. The lowest BCUT2D eigenvalue weighted by atomic mass is 10.1. The average Bonchev–Trinajstić information content (AvgIpc) is 2.27. The molecule has 18 heavy (non-hydrogen) atoms. The average molecular weight is 259 g/mol. The highest BCUT2D eigenvalue weighted by atomic mass is 19.1. The molecule has 0 saturated heterocycles. The number of nitrogens with one attached hydrogen (secondary N) is 1. The van der Waals surface area contributed by atoms with Gasteiger partial charge in [-0.05, 0) is 12.0 Å². The van der Waals surface area contributed by atoms with Gasteiger partial charge in [-0.25, -0.2) is 13.6 Å². The number of carboxylic acid groups (broad SMARTS) is 1. The summed E-state index contributed by atoms with van der Waals surface area (Å²) >= 11 is 0. The summed E-state index contributed by atoms with van der Waals surface area (Å²) in [6, 6.07) is 1.51. The number of anilines is 1. The molecular weight excluding hydrogens is 244 g/mol. The molecule has 1 unspecified atom stereocenters. The molecule has 0 aliphatic rings. The molecule has 6 heteroatoms. The second-order valence-corrected chi connectivity index (χ2v) is 4.06. The Morgan fingerprint density at radius 2 is 2.11 bits per heavy atom. The van der Waals surface area contributed by atoms with Crippen molar-refractivity contribution in [3.05, 3.63) is 29.3 Å². The third-order valence-electron chi connectivity index (χ3n) is 2.38. The normalized spacial score (nSPS) is 12.2. The van der Waals surface area contributed by atoms with Crippen molar-refractivity contribution in [2.24, 2.45) is 5.92 Å². The summed E-state index contributed by atoms with van der Waals surface area (Å²) in [6.07, 6.45) is 0. The fourth-order valence-electron chi connectivity index (χ4n) is 1.48. The van der Waals surface area contributed by atoms with Crippen molar-refractivity contribution >= 4 is 11.7 Å². The zero-order valence-electron chi connectivity index (χ0n) is 10.2. The molecule has 1 rings (SSSR count). The van der Waals surface area contributed by atoms with Crippen LogP contribution >= 0.6 is 0 Å². The molecule has 4 nitrogen and oxygen atoms in total. The van der Waals surface area contributed by atoms with Gasteiger partial charge in [-0.1, -0.05) is 6.92 Å². The van der Waals surface area contributed by atoms with Crippen LogP contribution in [0.1, 0.15) is 17.3 Å². The Morgan fingerprint density at radius 1 is 1.44 bits per heavy atom. The first-order valence-electron chi connectivity index (χ1n) is 5.40. The van der Waals surface area contributed by atoms with Crippen molar-refractivity contribution in [3.63, 3.8) is 0 Å². The lowest BCUT2D eigenvalue weighted by Crippen LogP contribution is -2.17. The maximum absolute atomic E-state index is 13.4. The van der Waals surface area contributed by atoms with Crippen LogP contribution in [0.2, 0.25) is 0 Å². The number of aromatic carboxylic acids is 1. The number of hydrogen-bond acceptors (Lipinski definition) is 3. The van der Waals surface area contributed by atoms with Crippen molar-refractivity contribution in [1.29, 1.82) is 0 Å². The Bertz CT molecular complexity index is 438. The summed E-state index contributed by atoms with van der Waals surface area (Å²) in [5.41, 5.74) is -0.588. The van der Waals surface area contributed by atoms with Crippen LogP contribution in [0.25, 0.3) is 0 Å². The lowest BCUT2D eigenvalue weighted by Gasteiger charge is -2.13. The van der Waals surface area contributed by atoms with Gasteiger partial charge >= 0.3 is 5.97 Å². The van der Waals surface area contributed by atoms with Gasteiger partial charge in [-0.15, -0.1) is 0 Å². The Morgan fingerprint density at radius 3 is 2.67 bits per heavy atom. The van der Waals surface area contributed by atoms with Crippen LogP contribution in [-0.4, -0.2) is 31.3 Å². The number of ether oxygens (including phenoxy) is 1. The number of carboxylic acids is 1. The highest BCUT2D eigenvalue weighted by Crippen LogP contribution is 2.20. The minimum Gasteiger partial charge on any atom is -0.478 e. The summed E-state index contributed by atoms with van der Waals surface area (Å²) in [5, 5.41) is 11.5. The smallest absolute Gasteiger partial charge is 0.338 e. The summed E-state index contributed by atoms with van der Waals surface area (Å²) in [5.74, 6) is -3.22. The second-order valence-electron chi connectivity index (χ2n) is 4.06. The van der Waals surface area contributed by atoms with Crippen LogP contribution in [0.15, 0.2) is 12.1 Å². The van der Waals surface area contributed by atoms with E-state index >= 15 is 0 Å². The van der Waals surface area contributed by atoms with Crippen LogP contribution in [-0.2, 0) is 4.74 Å². The first-order valence-corrected chi connectivity index (χ1v) is 5.40. The van der Waals surface area contributed by atoms with Gasteiger partial charge in [0.05, 0.1) is 17.9 Å². The molecule has 0 saturated carbocycles. The SMILES string of the molecule is COCC(C)CNc1cc(C(=O)O)c(F)cc1F. The topological polar surface area (TPSA) is 58.6 Å². The second kappa shape index (κ2) is 6.30. The van der Waals surface area contributed by atoms with Crippen molar-refractivity contribution in [3.8, 4) is 0 Å². The van der Waals surface area contributed by atoms with Gasteiger partial charge in [0.15, 0.2) is 0 Å². The van der Waals surface area contributed by atoms with Crippen molar-refractivity contribution in [1.82, 2.24) is 0 Å².